The third kappa shape index (κ3) is 24.5. The summed E-state index contributed by atoms with van der Waals surface area (Å²) in [6.07, 6.45) is 30.6. The lowest BCUT2D eigenvalue weighted by molar-refractivity contribution is 0.436. The molecule has 10 heteroatoms. The number of phenolic OH excluding ortho intramolecular Hbond substituents is 2. The van der Waals surface area contributed by atoms with Gasteiger partial charge in [0.1, 0.15) is 23.0 Å². The van der Waals surface area contributed by atoms with Gasteiger partial charge in [0, 0.05) is 0 Å². The first kappa shape index (κ1) is 56.9. The van der Waals surface area contributed by atoms with Gasteiger partial charge in [-0.1, -0.05) is 189 Å². The van der Waals surface area contributed by atoms with Gasteiger partial charge in [0.15, 0.2) is 0 Å². The number of hydrogen-bond donors (Lipinski definition) is 4. The number of aromatic hydroxyl groups is 2. The second-order valence-corrected chi connectivity index (χ2v) is 21.7. The smallest absolute Gasteiger partial charge is 0.269 e. The maximum Gasteiger partial charge on any atom is 0.269 e. The van der Waals surface area contributed by atoms with Crippen molar-refractivity contribution in [3.63, 3.8) is 0 Å². The Kier molecular flexibility index (Phi) is 28.8. The van der Waals surface area contributed by atoms with Crippen LogP contribution >= 0.6 is 0 Å². The molecule has 0 saturated carbocycles. The van der Waals surface area contributed by atoms with E-state index >= 15 is 0 Å². The predicted molar refractivity (Wildman–Crippen MR) is 258 cm³/mol. The van der Waals surface area contributed by atoms with E-state index in [2.05, 4.69) is 48.5 Å². The normalized spacial score (nSPS) is 12.2. The molecule has 0 heterocycles. The van der Waals surface area contributed by atoms with Gasteiger partial charge in [0.2, 0.25) is 0 Å². The van der Waals surface area contributed by atoms with Crippen LogP contribution in [0.2, 0.25) is 0 Å². The van der Waals surface area contributed by atoms with Crippen LogP contribution in [0, 0.1) is 6.92 Å². The molecular formula is C51H90O8S2. The van der Waals surface area contributed by atoms with Crippen molar-refractivity contribution in [2.75, 3.05) is 0 Å². The number of unbranched alkanes of at least 4 members (excludes halogenated alkanes) is 20. The van der Waals surface area contributed by atoms with Crippen molar-refractivity contribution < 1.29 is 36.2 Å². The number of benzene rings is 2. The van der Waals surface area contributed by atoms with E-state index in [1.54, 1.807) is 0 Å². The van der Waals surface area contributed by atoms with Crippen molar-refractivity contribution in [3.05, 3.63) is 56.6 Å². The van der Waals surface area contributed by atoms with E-state index in [0.717, 1.165) is 104 Å². The van der Waals surface area contributed by atoms with Gasteiger partial charge in [-0.25, -0.2) is 0 Å². The van der Waals surface area contributed by atoms with Crippen molar-refractivity contribution >= 4 is 20.2 Å². The third-order valence-corrected chi connectivity index (χ3v) is 13.3. The van der Waals surface area contributed by atoms with Crippen molar-refractivity contribution in [2.45, 2.75) is 252 Å². The fourth-order valence-corrected chi connectivity index (χ4v) is 9.91. The lowest BCUT2D eigenvalue weighted by Crippen LogP contribution is -2.16. The van der Waals surface area contributed by atoms with Crippen molar-refractivity contribution in [1.82, 2.24) is 0 Å². The largest absolute Gasteiger partial charge is 0.507 e. The van der Waals surface area contributed by atoms with Crippen LogP contribution < -0.4 is 0 Å². The third-order valence-electron chi connectivity index (χ3n) is 12.0. The van der Waals surface area contributed by atoms with Gasteiger partial charge in [-0.3, -0.25) is 9.11 Å². The van der Waals surface area contributed by atoms with Crippen LogP contribution in [0.15, 0.2) is 12.1 Å². The fourth-order valence-electron chi connectivity index (χ4n) is 8.46. The standard InChI is InChI=1S/C27H48O4S.C24H42O4S/c1-6-8-10-12-14-16-18-22-20-25(27(3,4)5)26(28)23(24(22)21-32(29,30)31)19-17-15-13-11-9-7-2;1-4-6-8-10-12-14-16-21-18-20(3)24(25)22(23(21)19-29(26,27)28)17-15-13-11-9-7-5-2/h20,28H,6-19,21H2,1-5H3,(H,29,30,31);18,25H,4-17,19H2,1-3H3,(H,26,27,28). The Morgan fingerprint density at radius 3 is 1.05 bits per heavy atom. The molecule has 0 amide bonds. The van der Waals surface area contributed by atoms with E-state index in [0.29, 0.717) is 24.0 Å². The van der Waals surface area contributed by atoms with Crippen LogP contribution in [0.25, 0.3) is 0 Å². The Labute approximate surface area is 375 Å². The quantitative estimate of drug-likeness (QED) is 0.0419. The molecule has 0 saturated heterocycles. The molecule has 4 N–H and O–H groups in total. The fraction of sp³-hybridized carbons (Fsp3) is 0.765. The van der Waals surface area contributed by atoms with Crippen LogP contribution in [0.5, 0.6) is 11.5 Å². The highest BCUT2D eigenvalue weighted by molar-refractivity contribution is 7.85. The molecule has 2 aromatic rings. The molecule has 0 aromatic heterocycles. The average molecular weight is 895 g/mol. The minimum Gasteiger partial charge on any atom is -0.507 e. The lowest BCUT2D eigenvalue weighted by atomic mass is 9.81. The maximum absolute atomic E-state index is 11.9. The van der Waals surface area contributed by atoms with Crippen molar-refractivity contribution in [1.29, 1.82) is 0 Å². The first-order chi connectivity index (χ1) is 28.8. The van der Waals surface area contributed by atoms with Crippen LogP contribution in [0.4, 0.5) is 0 Å². The Morgan fingerprint density at radius 2 is 0.721 bits per heavy atom. The second kappa shape index (κ2) is 30.9. The highest BCUT2D eigenvalue weighted by Gasteiger charge is 2.26. The van der Waals surface area contributed by atoms with Gasteiger partial charge in [-0.15, -0.1) is 0 Å². The molecule has 0 spiro atoms. The molecule has 0 radical (unpaired) electrons. The van der Waals surface area contributed by atoms with E-state index in [1.807, 2.05) is 19.1 Å². The highest BCUT2D eigenvalue weighted by Crippen LogP contribution is 2.39. The molecule has 0 aliphatic rings. The topological polar surface area (TPSA) is 149 Å². The Hall–Kier alpha value is -2.14. The van der Waals surface area contributed by atoms with Crippen LogP contribution in [-0.2, 0) is 62.8 Å². The molecule has 0 aliphatic heterocycles. The van der Waals surface area contributed by atoms with E-state index in [-0.39, 0.29) is 16.9 Å². The zero-order valence-corrected chi connectivity index (χ0v) is 41.7. The van der Waals surface area contributed by atoms with Gasteiger partial charge in [-0.2, -0.15) is 16.8 Å². The average Bonchev–Trinajstić information content (AvgIpc) is 3.17. The Balaban J connectivity index is 0.000000613. The zero-order chi connectivity index (χ0) is 45.9. The van der Waals surface area contributed by atoms with Gasteiger partial charge < -0.3 is 10.2 Å². The summed E-state index contributed by atoms with van der Waals surface area (Å²) in [5, 5.41) is 21.8. The summed E-state index contributed by atoms with van der Waals surface area (Å²) < 4.78 is 66.3. The van der Waals surface area contributed by atoms with Crippen molar-refractivity contribution in [3.8, 4) is 11.5 Å². The monoisotopic (exact) mass is 895 g/mol. The Bertz CT molecular complexity index is 1730. The molecule has 354 valence electrons. The number of phenols is 2. The van der Waals surface area contributed by atoms with Gasteiger partial charge in [0.05, 0.1) is 0 Å². The molecule has 0 bridgehead atoms. The van der Waals surface area contributed by atoms with E-state index in [1.165, 1.54) is 96.3 Å². The molecule has 0 aliphatic carbocycles. The van der Waals surface area contributed by atoms with Gasteiger partial charge >= 0.3 is 0 Å². The molecule has 8 nitrogen and oxygen atoms in total. The summed E-state index contributed by atoms with van der Waals surface area (Å²) in [5.74, 6) is -0.404. The number of rotatable bonds is 32. The molecular weight excluding hydrogens is 805 g/mol. The minimum atomic E-state index is -4.18. The van der Waals surface area contributed by atoms with E-state index < -0.39 is 31.7 Å². The van der Waals surface area contributed by atoms with Crippen LogP contribution in [0.1, 0.15) is 247 Å². The summed E-state index contributed by atoms with van der Waals surface area (Å²) >= 11 is 0. The summed E-state index contributed by atoms with van der Waals surface area (Å²) in [6, 6.07) is 3.90. The molecule has 61 heavy (non-hydrogen) atoms. The van der Waals surface area contributed by atoms with Crippen LogP contribution in [0.3, 0.4) is 0 Å². The zero-order valence-electron chi connectivity index (χ0n) is 40.1. The number of hydrogen-bond acceptors (Lipinski definition) is 6. The highest BCUT2D eigenvalue weighted by atomic mass is 32.2. The number of aryl methyl sites for hydroxylation is 3. The van der Waals surface area contributed by atoms with Gasteiger partial charge in [0.25, 0.3) is 20.2 Å². The molecule has 0 atom stereocenters. The first-order valence-corrected chi connectivity index (χ1v) is 27.6. The SMILES string of the molecule is CCCCCCCCc1cc(C(C)(C)C)c(O)c(CCCCCCCC)c1CS(=O)(=O)O.CCCCCCCCc1cc(C)c(O)c(CCCCCCCC)c1CS(=O)(=O)O. The molecule has 0 fully saturated rings. The predicted octanol–water partition coefficient (Wildman–Crippen LogP) is 14.8. The second-order valence-electron chi connectivity index (χ2n) is 18.8. The first-order valence-electron chi connectivity index (χ1n) is 24.4. The summed E-state index contributed by atoms with van der Waals surface area (Å²) in [6.45, 7) is 16.9. The summed E-state index contributed by atoms with van der Waals surface area (Å²) in [4.78, 5) is 0. The van der Waals surface area contributed by atoms with E-state index in [4.69, 9.17) is 0 Å². The van der Waals surface area contributed by atoms with Gasteiger partial charge in [-0.05, 0) is 108 Å². The summed E-state index contributed by atoms with van der Waals surface area (Å²) in [7, 11) is -8.33. The lowest BCUT2D eigenvalue weighted by Gasteiger charge is -2.26. The molecule has 2 aromatic carbocycles. The minimum absolute atomic E-state index is 0.198. The molecule has 2 rings (SSSR count). The molecule has 0 unspecified atom stereocenters. The Morgan fingerprint density at radius 1 is 0.426 bits per heavy atom. The maximum atomic E-state index is 11.9. The summed E-state index contributed by atoms with van der Waals surface area (Å²) in [5.41, 5.74) is 6.07. The van der Waals surface area contributed by atoms with E-state index in [9.17, 15) is 36.2 Å². The van der Waals surface area contributed by atoms with Crippen molar-refractivity contribution in [2.24, 2.45) is 0 Å². The van der Waals surface area contributed by atoms with Crippen LogP contribution in [-0.4, -0.2) is 36.2 Å².